The van der Waals surface area contributed by atoms with E-state index in [1.54, 1.807) is 6.20 Å². The number of fused-ring (bicyclic) bond motifs is 1. The number of pyridine rings is 1. The van der Waals surface area contributed by atoms with Gasteiger partial charge in [0.2, 0.25) is 0 Å². The van der Waals surface area contributed by atoms with Gasteiger partial charge in [-0.15, -0.1) is 5.10 Å². The van der Waals surface area contributed by atoms with Crippen molar-refractivity contribution in [2.24, 2.45) is 5.73 Å². The summed E-state index contributed by atoms with van der Waals surface area (Å²) in [4.78, 5) is 4.15. The van der Waals surface area contributed by atoms with Crippen molar-refractivity contribution in [1.29, 1.82) is 0 Å². The number of aryl methyl sites for hydroxylation is 1. The summed E-state index contributed by atoms with van der Waals surface area (Å²) in [5.41, 5.74) is 9.47. The average Bonchev–Trinajstić information content (AvgIpc) is 3.16. The van der Waals surface area contributed by atoms with Crippen LogP contribution in [-0.2, 0) is 13.0 Å². The summed E-state index contributed by atoms with van der Waals surface area (Å²) >= 11 is 0. The van der Waals surface area contributed by atoms with Crippen LogP contribution >= 0.6 is 0 Å². The first-order valence-electron chi connectivity index (χ1n) is 8.82. The summed E-state index contributed by atoms with van der Waals surface area (Å²) in [5.74, 6) is 0. The zero-order valence-electron chi connectivity index (χ0n) is 14.5. The molecule has 0 fully saturated rings. The highest BCUT2D eigenvalue weighted by molar-refractivity contribution is 5.85. The number of nitrogens with two attached hydrogens (primary N) is 1. The third kappa shape index (κ3) is 3.78. The second-order valence-electron chi connectivity index (χ2n) is 6.54. The molecule has 0 saturated carbocycles. The third-order valence-electron chi connectivity index (χ3n) is 4.54. The van der Waals surface area contributed by atoms with Crippen molar-refractivity contribution in [2.75, 3.05) is 0 Å². The Morgan fingerprint density at radius 2 is 1.88 bits per heavy atom. The smallest absolute Gasteiger partial charge is 0.113 e. The molecule has 0 unspecified atom stereocenters. The van der Waals surface area contributed by atoms with Crippen molar-refractivity contribution in [3.63, 3.8) is 0 Å². The fourth-order valence-corrected chi connectivity index (χ4v) is 3.10. The van der Waals surface area contributed by atoms with E-state index in [0.29, 0.717) is 0 Å². The summed E-state index contributed by atoms with van der Waals surface area (Å²) in [6.45, 7) is 0.762. The molecule has 4 aromatic rings. The fraction of sp³-hybridized carbons (Fsp3) is 0.190. The Balaban J connectivity index is 1.41. The Morgan fingerprint density at radius 1 is 1.00 bits per heavy atom. The molecule has 0 aliphatic heterocycles. The lowest BCUT2D eigenvalue weighted by molar-refractivity contribution is 0.497. The molecule has 0 saturated heterocycles. The van der Waals surface area contributed by atoms with E-state index in [0.717, 1.165) is 41.4 Å². The van der Waals surface area contributed by atoms with E-state index in [2.05, 4.69) is 45.6 Å². The Kier molecular flexibility index (Phi) is 4.71. The number of rotatable bonds is 6. The van der Waals surface area contributed by atoms with Gasteiger partial charge in [-0.2, -0.15) is 0 Å². The Morgan fingerprint density at radius 3 is 2.77 bits per heavy atom. The van der Waals surface area contributed by atoms with Gasteiger partial charge in [-0.25, -0.2) is 0 Å². The molecule has 2 heterocycles. The van der Waals surface area contributed by atoms with Gasteiger partial charge in [0.15, 0.2) is 0 Å². The zero-order valence-corrected chi connectivity index (χ0v) is 14.5. The van der Waals surface area contributed by atoms with Gasteiger partial charge in [0.25, 0.3) is 0 Å². The van der Waals surface area contributed by atoms with Crippen molar-refractivity contribution in [3.8, 4) is 11.3 Å². The summed E-state index contributed by atoms with van der Waals surface area (Å²) in [5, 5.41) is 10.8. The minimum absolute atomic E-state index is 0.109. The third-order valence-corrected chi connectivity index (χ3v) is 4.54. The molecule has 4 rings (SSSR count). The van der Waals surface area contributed by atoms with E-state index in [1.807, 2.05) is 41.3 Å². The molecule has 0 spiro atoms. The molecule has 2 aromatic carbocycles. The normalized spacial score (nSPS) is 12.3. The van der Waals surface area contributed by atoms with E-state index >= 15 is 0 Å². The summed E-state index contributed by atoms with van der Waals surface area (Å²) < 4.78 is 1.87. The van der Waals surface area contributed by atoms with Crippen LogP contribution in [0.25, 0.3) is 22.0 Å². The first-order valence-corrected chi connectivity index (χ1v) is 8.82. The Bertz CT molecular complexity index is 993. The maximum absolute atomic E-state index is 6.27. The quantitative estimate of drug-likeness (QED) is 0.582. The van der Waals surface area contributed by atoms with Crippen molar-refractivity contribution in [1.82, 2.24) is 20.0 Å². The van der Waals surface area contributed by atoms with Crippen LogP contribution in [0.5, 0.6) is 0 Å². The van der Waals surface area contributed by atoms with Crippen molar-refractivity contribution < 1.29 is 0 Å². The van der Waals surface area contributed by atoms with Gasteiger partial charge in [-0.1, -0.05) is 47.7 Å². The van der Waals surface area contributed by atoms with Crippen LogP contribution in [0.4, 0.5) is 0 Å². The van der Waals surface area contributed by atoms with E-state index in [4.69, 9.17) is 5.73 Å². The maximum atomic E-state index is 6.27. The lowest BCUT2D eigenvalue weighted by Gasteiger charge is -2.11. The van der Waals surface area contributed by atoms with E-state index < -0.39 is 0 Å². The highest BCUT2D eigenvalue weighted by atomic mass is 15.4. The van der Waals surface area contributed by atoms with Crippen LogP contribution in [0.1, 0.15) is 12.0 Å². The van der Waals surface area contributed by atoms with Crippen LogP contribution in [0, 0.1) is 0 Å². The topological polar surface area (TPSA) is 69.6 Å². The highest BCUT2D eigenvalue weighted by Gasteiger charge is 2.08. The molecule has 0 radical (unpaired) electrons. The second kappa shape index (κ2) is 7.45. The average molecular weight is 343 g/mol. The molecule has 5 heteroatoms. The van der Waals surface area contributed by atoms with Gasteiger partial charge >= 0.3 is 0 Å². The van der Waals surface area contributed by atoms with Gasteiger partial charge < -0.3 is 5.73 Å². The first kappa shape index (κ1) is 16.4. The van der Waals surface area contributed by atoms with Crippen LogP contribution in [-0.4, -0.2) is 26.0 Å². The molecule has 26 heavy (non-hydrogen) atoms. The van der Waals surface area contributed by atoms with Crippen molar-refractivity contribution in [2.45, 2.75) is 25.4 Å². The zero-order chi connectivity index (χ0) is 17.8. The van der Waals surface area contributed by atoms with Gasteiger partial charge in [-0.3, -0.25) is 9.67 Å². The summed E-state index contributed by atoms with van der Waals surface area (Å²) in [6, 6.07) is 18.7. The number of aromatic nitrogens is 4. The molecule has 0 aliphatic rings. The molecular weight excluding hydrogens is 322 g/mol. The molecule has 2 N–H and O–H groups in total. The lowest BCUT2D eigenvalue weighted by atomic mass is 10.0. The van der Waals surface area contributed by atoms with Crippen molar-refractivity contribution in [3.05, 3.63) is 78.8 Å². The monoisotopic (exact) mass is 343 g/mol. The molecule has 0 amide bonds. The summed E-state index contributed by atoms with van der Waals surface area (Å²) in [7, 11) is 0. The molecule has 0 aliphatic carbocycles. The number of nitrogens with zero attached hydrogens (tertiary/aromatic N) is 4. The van der Waals surface area contributed by atoms with E-state index in [9.17, 15) is 0 Å². The molecule has 0 bridgehead atoms. The van der Waals surface area contributed by atoms with Gasteiger partial charge in [-0.05, 0) is 35.9 Å². The standard InChI is InChI=1S/C21H21N5/c22-20(12-16-4-2-1-3-5-16)9-11-26-15-21(24-25-26)18-6-7-19-14-23-10-8-17(19)13-18/h1-8,10,13-15,20H,9,11-12,22H2/t20-/m0/s1. The minimum atomic E-state index is 0.109. The van der Waals surface area contributed by atoms with Crippen molar-refractivity contribution >= 4 is 10.8 Å². The van der Waals surface area contributed by atoms with Crippen LogP contribution in [0.2, 0.25) is 0 Å². The minimum Gasteiger partial charge on any atom is -0.327 e. The van der Waals surface area contributed by atoms with Gasteiger partial charge in [0.05, 0.1) is 6.20 Å². The number of benzene rings is 2. The molecule has 5 nitrogen and oxygen atoms in total. The molecule has 2 aromatic heterocycles. The van der Waals surface area contributed by atoms with Crippen LogP contribution in [0.15, 0.2) is 73.2 Å². The Labute approximate surface area is 152 Å². The van der Waals surface area contributed by atoms with E-state index in [-0.39, 0.29) is 6.04 Å². The SMILES string of the molecule is N[C@@H](CCn1cc(-c2ccc3cnccc3c2)nn1)Cc1ccccc1. The van der Waals surface area contributed by atoms with Crippen LogP contribution < -0.4 is 5.73 Å². The van der Waals surface area contributed by atoms with Gasteiger partial charge in [0, 0.05) is 35.9 Å². The van der Waals surface area contributed by atoms with E-state index in [1.165, 1.54) is 5.56 Å². The summed E-state index contributed by atoms with van der Waals surface area (Å²) in [6.07, 6.45) is 7.39. The molecule has 1 atom stereocenters. The first-order chi connectivity index (χ1) is 12.8. The van der Waals surface area contributed by atoms with Crippen LogP contribution in [0.3, 0.4) is 0 Å². The van der Waals surface area contributed by atoms with Gasteiger partial charge in [0.1, 0.15) is 5.69 Å². The predicted octanol–water partition coefficient (Wildman–Crippen LogP) is 3.45. The highest BCUT2D eigenvalue weighted by Crippen LogP contribution is 2.22. The number of hydrogen-bond acceptors (Lipinski definition) is 4. The number of hydrogen-bond donors (Lipinski definition) is 1. The molecular formula is C21H21N5. The predicted molar refractivity (Wildman–Crippen MR) is 103 cm³/mol. The molecule has 130 valence electrons. The second-order valence-corrected chi connectivity index (χ2v) is 6.54. The lowest BCUT2D eigenvalue weighted by Crippen LogP contribution is -2.24. The maximum Gasteiger partial charge on any atom is 0.113 e. The Hall–Kier alpha value is -3.05. The largest absolute Gasteiger partial charge is 0.327 e. The fourth-order valence-electron chi connectivity index (χ4n) is 3.10.